The molecule has 0 aromatic rings. The van der Waals surface area contributed by atoms with Crippen LogP contribution < -0.4 is 0 Å². The quantitative estimate of drug-likeness (QED) is 0.0169. The molecule has 0 bridgehead atoms. The van der Waals surface area contributed by atoms with Crippen molar-refractivity contribution in [2.45, 2.75) is 316 Å². The first kappa shape index (κ1) is 93.5. The van der Waals surface area contributed by atoms with Gasteiger partial charge in [0.15, 0.2) is 12.2 Å². The zero-order chi connectivity index (χ0) is 71.8. The Labute approximate surface area is 593 Å². The summed E-state index contributed by atoms with van der Waals surface area (Å²) in [5, 5.41) is 10.6. The molecular weight excluding hydrogens is 1280 g/mol. The Morgan fingerprint density at radius 2 is 0.592 bits per heavy atom. The Bertz CT molecular complexity index is 2340. The molecule has 0 spiro atoms. The van der Waals surface area contributed by atoms with Gasteiger partial charge in [0, 0.05) is 19.3 Å². The fourth-order valence-corrected chi connectivity index (χ4v) is 11.3. The number of rotatable bonds is 70. The van der Waals surface area contributed by atoms with E-state index in [0.29, 0.717) is 25.7 Å². The molecule has 0 saturated carbocycles. The van der Waals surface area contributed by atoms with Crippen LogP contribution in [0.5, 0.6) is 0 Å². The van der Waals surface area contributed by atoms with Crippen molar-refractivity contribution >= 4 is 39.5 Å². The van der Waals surface area contributed by atoms with Crippen LogP contribution in [0.1, 0.15) is 297 Å². The Hall–Kier alpha value is -4.54. The standard InChI is InChI=1S/C79H134O17P2/c1-5-9-13-17-21-25-29-33-36-40-43-47-51-55-59-63-76(81)89-69-74(95-78(83)65-61-57-53-49-45-39-32-28-24-20-16-12-8-4)71-93-97(85,86)91-67-73(80)68-92-98(87,88)94-72-75(96-79(84)66-62-58-54-50-46-42-38-35-31-27-23-19-15-11-7-3)70-90-77(82)64-60-56-52-48-44-41-37-34-30-26-22-18-14-10-6-2/h10-11,14-16,20,22-23,26-28,32,34-35,37-38,44,48,56,60,73-75,80H,5-9,12-13,17-19,21,24-25,29-31,33,36,39-43,45-47,49-55,57-59,61-72H2,1-4H3,(H,85,86)(H,87,88)/b14-10-,15-11-,20-16-,26-22-,27-23-,32-28-,37-34-,38-35-,48-44-,60-56-. The number of hydrogen-bond donors (Lipinski definition) is 3. The van der Waals surface area contributed by atoms with Crippen LogP contribution in [0.25, 0.3) is 0 Å². The molecule has 0 aliphatic heterocycles. The summed E-state index contributed by atoms with van der Waals surface area (Å²) >= 11 is 0. The van der Waals surface area contributed by atoms with Gasteiger partial charge in [0.1, 0.15) is 19.3 Å². The summed E-state index contributed by atoms with van der Waals surface area (Å²) in [5.41, 5.74) is 0. The maximum atomic E-state index is 13.1. The zero-order valence-corrected chi connectivity index (χ0v) is 63.0. The Balaban J connectivity index is 5.42. The van der Waals surface area contributed by atoms with Gasteiger partial charge in [0.05, 0.1) is 32.8 Å². The summed E-state index contributed by atoms with van der Waals surface area (Å²) in [7, 11) is -9.98. The topological polar surface area (TPSA) is 237 Å². The average molecular weight is 1420 g/mol. The number of unbranched alkanes of at least 4 members (excludes halogenated alkanes) is 25. The number of phosphoric ester groups is 2. The SMILES string of the molecule is CC/C=C\C/C=C\C/C=C\C/C=C\C/C=C\CC(=O)OCC(COP(=O)(O)OCC(O)COP(=O)(O)OCC(COC(=O)CCCCCCCCCCCCCCCCC)OC(=O)CCCCCCC/C=C\C/C=C\CCC)OC(=O)CCCCCCC/C=C\C/C=C\C/C=C\CC. The van der Waals surface area contributed by atoms with E-state index in [-0.39, 0.29) is 25.7 Å². The van der Waals surface area contributed by atoms with Crippen molar-refractivity contribution in [3.8, 4) is 0 Å². The van der Waals surface area contributed by atoms with E-state index < -0.39 is 97.5 Å². The molecule has 0 aliphatic rings. The second-order valence-electron chi connectivity index (χ2n) is 24.8. The van der Waals surface area contributed by atoms with Crippen LogP contribution >= 0.6 is 15.6 Å². The third-order valence-electron chi connectivity index (χ3n) is 15.4. The molecule has 0 amide bonds. The number of aliphatic hydroxyl groups excluding tert-OH is 1. The molecule has 0 saturated heterocycles. The number of ether oxygens (including phenoxy) is 4. The zero-order valence-electron chi connectivity index (χ0n) is 61.2. The van der Waals surface area contributed by atoms with Crippen molar-refractivity contribution in [2.24, 2.45) is 0 Å². The minimum absolute atomic E-state index is 0.0535. The molecule has 17 nitrogen and oxygen atoms in total. The van der Waals surface area contributed by atoms with Gasteiger partial charge in [-0.2, -0.15) is 0 Å². The fraction of sp³-hybridized carbons (Fsp3) is 0.696. The van der Waals surface area contributed by atoms with Gasteiger partial charge >= 0.3 is 39.5 Å². The van der Waals surface area contributed by atoms with Crippen LogP contribution in [0.3, 0.4) is 0 Å². The molecule has 0 rings (SSSR count). The minimum atomic E-state index is -5.00. The summed E-state index contributed by atoms with van der Waals surface area (Å²) in [6, 6.07) is 0. The van der Waals surface area contributed by atoms with Crippen LogP contribution in [-0.2, 0) is 65.4 Å². The Morgan fingerprint density at radius 3 is 0.949 bits per heavy atom. The van der Waals surface area contributed by atoms with Crippen LogP contribution in [0.4, 0.5) is 0 Å². The maximum absolute atomic E-state index is 13.1. The van der Waals surface area contributed by atoms with Crippen LogP contribution in [0, 0.1) is 0 Å². The number of carbonyl (C=O) groups is 4. The molecule has 562 valence electrons. The summed E-state index contributed by atoms with van der Waals surface area (Å²) in [6.45, 7) is 4.44. The molecule has 5 unspecified atom stereocenters. The van der Waals surface area contributed by atoms with E-state index in [1.807, 2.05) is 18.2 Å². The second kappa shape index (κ2) is 70.9. The van der Waals surface area contributed by atoms with E-state index in [9.17, 15) is 43.2 Å². The highest BCUT2D eigenvalue weighted by Gasteiger charge is 2.30. The molecule has 3 N–H and O–H groups in total. The number of hydrogen-bond acceptors (Lipinski definition) is 15. The third kappa shape index (κ3) is 69.9. The smallest absolute Gasteiger partial charge is 0.462 e. The van der Waals surface area contributed by atoms with E-state index in [2.05, 4.69) is 125 Å². The molecule has 0 aromatic heterocycles. The van der Waals surface area contributed by atoms with Gasteiger partial charge in [0.2, 0.25) is 0 Å². The highest BCUT2D eigenvalue weighted by atomic mass is 31.2. The minimum Gasteiger partial charge on any atom is -0.462 e. The lowest BCUT2D eigenvalue weighted by atomic mass is 10.0. The molecule has 0 aliphatic carbocycles. The number of carbonyl (C=O) groups excluding carboxylic acids is 4. The van der Waals surface area contributed by atoms with Crippen molar-refractivity contribution in [3.63, 3.8) is 0 Å². The molecule has 5 atom stereocenters. The van der Waals surface area contributed by atoms with Crippen LogP contribution in [0.2, 0.25) is 0 Å². The molecule has 0 heterocycles. The average Bonchev–Trinajstić information content (AvgIpc) is 1.04. The van der Waals surface area contributed by atoms with E-state index >= 15 is 0 Å². The predicted octanol–water partition coefficient (Wildman–Crippen LogP) is 21.6. The lowest BCUT2D eigenvalue weighted by Gasteiger charge is -2.21. The highest BCUT2D eigenvalue weighted by molar-refractivity contribution is 7.47. The maximum Gasteiger partial charge on any atom is 0.472 e. The normalized spacial score (nSPS) is 14.6. The van der Waals surface area contributed by atoms with E-state index in [1.165, 1.54) is 70.6 Å². The predicted molar refractivity (Wildman–Crippen MR) is 399 cm³/mol. The Morgan fingerprint density at radius 1 is 0.306 bits per heavy atom. The van der Waals surface area contributed by atoms with Gasteiger partial charge in [-0.05, 0) is 109 Å². The first-order chi connectivity index (χ1) is 47.7. The molecular formula is C79H134O17P2. The fourth-order valence-electron chi connectivity index (χ4n) is 9.76. The first-order valence-electron chi connectivity index (χ1n) is 37.8. The van der Waals surface area contributed by atoms with Gasteiger partial charge in [-0.1, -0.05) is 284 Å². The molecule has 0 radical (unpaired) electrons. The number of allylic oxidation sites excluding steroid dienone is 19. The van der Waals surface area contributed by atoms with Gasteiger partial charge in [-0.3, -0.25) is 37.3 Å². The lowest BCUT2D eigenvalue weighted by molar-refractivity contribution is -0.161. The first-order valence-corrected chi connectivity index (χ1v) is 40.8. The highest BCUT2D eigenvalue weighted by Crippen LogP contribution is 2.45. The van der Waals surface area contributed by atoms with E-state index in [1.54, 1.807) is 6.08 Å². The van der Waals surface area contributed by atoms with Gasteiger partial charge in [-0.25, -0.2) is 9.13 Å². The summed E-state index contributed by atoms with van der Waals surface area (Å²) in [4.78, 5) is 72.7. The van der Waals surface area contributed by atoms with Crippen LogP contribution in [0.15, 0.2) is 122 Å². The number of esters is 4. The van der Waals surface area contributed by atoms with Crippen molar-refractivity contribution in [1.82, 2.24) is 0 Å². The molecule has 0 aromatic carbocycles. The second-order valence-corrected chi connectivity index (χ2v) is 27.8. The van der Waals surface area contributed by atoms with E-state index in [0.717, 1.165) is 148 Å². The molecule has 0 fully saturated rings. The molecule has 98 heavy (non-hydrogen) atoms. The van der Waals surface area contributed by atoms with Gasteiger partial charge in [0.25, 0.3) is 0 Å². The number of aliphatic hydroxyl groups is 1. The summed E-state index contributed by atoms with van der Waals surface area (Å²) < 4.78 is 68.3. The van der Waals surface area contributed by atoms with Gasteiger partial charge < -0.3 is 33.8 Å². The largest absolute Gasteiger partial charge is 0.472 e. The molecule has 19 heteroatoms. The van der Waals surface area contributed by atoms with Crippen molar-refractivity contribution in [3.05, 3.63) is 122 Å². The lowest BCUT2D eigenvalue weighted by Crippen LogP contribution is -2.30. The Kier molecular flexibility index (Phi) is 67.6. The third-order valence-corrected chi connectivity index (χ3v) is 17.3. The van der Waals surface area contributed by atoms with E-state index in [4.69, 9.17) is 37.0 Å². The van der Waals surface area contributed by atoms with Crippen molar-refractivity contribution < 1.29 is 80.2 Å². The van der Waals surface area contributed by atoms with Gasteiger partial charge in [-0.15, -0.1) is 0 Å². The summed E-state index contributed by atoms with van der Waals surface area (Å²) in [5.74, 6) is -2.35. The summed E-state index contributed by atoms with van der Waals surface area (Å²) in [6.07, 6.45) is 76.5. The van der Waals surface area contributed by atoms with Crippen molar-refractivity contribution in [2.75, 3.05) is 39.6 Å². The van der Waals surface area contributed by atoms with Crippen LogP contribution in [-0.4, -0.2) is 96.7 Å². The number of phosphoric acid groups is 2. The monoisotopic (exact) mass is 1420 g/mol. The van der Waals surface area contributed by atoms with Crippen molar-refractivity contribution in [1.29, 1.82) is 0 Å².